The van der Waals surface area contributed by atoms with E-state index >= 15 is 0 Å². The van der Waals surface area contributed by atoms with Crippen LogP contribution < -0.4 is 10.1 Å². The maximum Gasteiger partial charge on any atom is 0.243 e. The van der Waals surface area contributed by atoms with Crippen molar-refractivity contribution in [2.75, 3.05) is 25.5 Å². The van der Waals surface area contributed by atoms with Crippen molar-refractivity contribution in [2.45, 2.75) is 18.7 Å². The van der Waals surface area contributed by atoms with E-state index in [0.29, 0.717) is 11.4 Å². The van der Waals surface area contributed by atoms with Crippen molar-refractivity contribution in [1.82, 2.24) is 9.29 Å². The molecule has 0 saturated heterocycles. The first-order chi connectivity index (χ1) is 14.3. The van der Waals surface area contributed by atoms with Gasteiger partial charge in [-0.05, 0) is 43.3 Å². The van der Waals surface area contributed by atoms with E-state index in [1.807, 2.05) is 30.5 Å². The number of thiazole rings is 1. The van der Waals surface area contributed by atoms with E-state index in [1.165, 1.54) is 19.2 Å². The van der Waals surface area contributed by atoms with Crippen molar-refractivity contribution < 1.29 is 17.9 Å². The standard InChI is InChI=1S/C21H23N3O4S2/c1-4-24(30(26,27)19-10-8-18(28-3)9-11-19)13-21(25)23-17-7-5-6-16(12-17)20-14-29-15(2)22-20/h5-12,14H,4,13H2,1-3H3,(H,23,25). The number of anilines is 1. The Hall–Kier alpha value is -2.75. The summed E-state index contributed by atoms with van der Waals surface area (Å²) in [6.07, 6.45) is 0. The first-order valence-electron chi connectivity index (χ1n) is 9.30. The van der Waals surface area contributed by atoms with Crippen LogP contribution in [0.3, 0.4) is 0 Å². The Morgan fingerprint density at radius 1 is 1.20 bits per heavy atom. The lowest BCUT2D eigenvalue weighted by Gasteiger charge is -2.20. The molecule has 1 amide bonds. The van der Waals surface area contributed by atoms with Crippen LogP contribution in [0.4, 0.5) is 5.69 Å². The molecule has 0 fully saturated rings. The predicted octanol–water partition coefficient (Wildman–Crippen LogP) is 3.78. The van der Waals surface area contributed by atoms with E-state index in [0.717, 1.165) is 20.6 Å². The number of sulfonamides is 1. The normalized spacial score (nSPS) is 11.5. The van der Waals surface area contributed by atoms with Gasteiger partial charge in [0.1, 0.15) is 5.75 Å². The SMILES string of the molecule is CCN(CC(=O)Nc1cccc(-c2csc(C)n2)c1)S(=O)(=O)c1ccc(OC)cc1. The number of aromatic nitrogens is 1. The molecule has 0 radical (unpaired) electrons. The number of hydrogen-bond donors (Lipinski definition) is 1. The number of hydrogen-bond acceptors (Lipinski definition) is 6. The summed E-state index contributed by atoms with van der Waals surface area (Å²) in [5.74, 6) is 0.144. The van der Waals surface area contributed by atoms with Crippen molar-refractivity contribution in [2.24, 2.45) is 0 Å². The molecule has 1 N–H and O–H groups in total. The van der Waals surface area contributed by atoms with Gasteiger partial charge in [0.05, 0.1) is 29.3 Å². The third-order valence-corrected chi connectivity index (χ3v) is 7.14. The van der Waals surface area contributed by atoms with Gasteiger partial charge < -0.3 is 10.1 Å². The number of aryl methyl sites for hydroxylation is 1. The monoisotopic (exact) mass is 445 g/mol. The highest BCUT2D eigenvalue weighted by atomic mass is 32.2. The largest absolute Gasteiger partial charge is 0.497 e. The van der Waals surface area contributed by atoms with Gasteiger partial charge in [0.25, 0.3) is 0 Å². The van der Waals surface area contributed by atoms with Gasteiger partial charge in [-0.1, -0.05) is 19.1 Å². The topological polar surface area (TPSA) is 88.6 Å². The van der Waals surface area contributed by atoms with Crippen molar-refractivity contribution >= 4 is 33.0 Å². The molecule has 2 aromatic carbocycles. The number of nitrogens with one attached hydrogen (secondary N) is 1. The Morgan fingerprint density at radius 2 is 1.93 bits per heavy atom. The van der Waals surface area contributed by atoms with Crippen LogP contribution in [0.15, 0.2) is 58.8 Å². The first-order valence-corrected chi connectivity index (χ1v) is 11.6. The minimum Gasteiger partial charge on any atom is -0.497 e. The number of rotatable bonds is 8. The summed E-state index contributed by atoms with van der Waals surface area (Å²) < 4.78 is 32.0. The molecule has 0 unspecified atom stereocenters. The van der Waals surface area contributed by atoms with Crippen molar-refractivity contribution in [3.05, 3.63) is 58.9 Å². The van der Waals surface area contributed by atoms with Gasteiger partial charge in [-0.3, -0.25) is 4.79 Å². The average Bonchev–Trinajstić information content (AvgIpc) is 3.18. The van der Waals surface area contributed by atoms with E-state index in [1.54, 1.807) is 36.5 Å². The molecule has 9 heteroatoms. The summed E-state index contributed by atoms with van der Waals surface area (Å²) in [4.78, 5) is 17.1. The van der Waals surface area contributed by atoms with Crippen LogP contribution in [0.2, 0.25) is 0 Å². The lowest BCUT2D eigenvalue weighted by Crippen LogP contribution is -2.37. The van der Waals surface area contributed by atoms with Crippen molar-refractivity contribution in [1.29, 1.82) is 0 Å². The zero-order valence-corrected chi connectivity index (χ0v) is 18.6. The molecule has 3 rings (SSSR count). The zero-order chi connectivity index (χ0) is 21.7. The molecule has 30 heavy (non-hydrogen) atoms. The molecule has 0 aliphatic heterocycles. The maximum absolute atomic E-state index is 12.9. The lowest BCUT2D eigenvalue weighted by atomic mass is 10.1. The highest BCUT2D eigenvalue weighted by Gasteiger charge is 2.25. The zero-order valence-electron chi connectivity index (χ0n) is 17.0. The van der Waals surface area contributed by atoms with E-state index in [-0.39, 0.29) is 18.0 Å². The molecule has 0 aliphatic rings. The summed E-state index contributed by atoms with van der Waals surface area (Å²) in [7, 11) is -2.29. The van der Waals surface area contributed by atoms with Gasteiger partial charge in [0, 0.05) is 23.2 Å². The minimum atomic E-state index is -3.80. The molecule has 1 aromatic heterocycles. The third-order valence-electron chi connectivity index (χ3n) is 4.43. The molecular weight excluding hydrogens is 422 g/mol. The Kier molecular flexibility index (Phi) is 6.86. The summed E-state index contributed by atoms with van der Waals surface area (Å²) in [5.41, 5.74) is 2.31. The molecule has 0 bridgehead atoms. The summed E-state index contributed by atoms with van der Waals surface area (Å²) >= 11 is 1.55. The fraction of sp³-hybridized carbons (Fsp3) is 0.238. The number of ether oxygens (including phenoxy) is 1. The van der Waals surface area contributed by atoms with E-state index in [2.05, 4.69) is 10.3 Å². The van der Waals surface area contributed by atoms with Gasteiger partial charge in [-0.25, -0.2) is 13.4 Å². The Balaban J connectivity index is 1.72. The second-order valence-corrected chi connectivity index (χ2v) is 9.49. The fourth-order valence-electron chi connectivity index (χ4n) is 2.88. The predicted molar refractivity (Wildman–Crippen MR) is 118 cm³/mol. The van der Waals surface area contributed by atoms with Crippen LogP contribution in [-0.2, 0) is 14.8 Å². The van der Waals surface area contributed by atoms with Crippen LogP contribution in [0.5, 0.6) is 5.75 Å². The second-order valence-electron chi connectivity index (χ2n) is 6.49. The molecule has 7 nitrogen and oxygen atoms in total. The number of amides is 1. The Morgan fingerprint density at radius 3 is 2.53 bits per heavy atom. The van der Waals surface area contributed by atoms with Crippen LogP contribution in [-0.4, -0.2) is 43.8 Å². The molecule has 158 valence electrons. The number of methoxy groups -OCH3 is 1. The molecule has 0 spiro atoms. The number of benzene rings is 2. The molecule has 0 aliphatic carbocycles. The van der Waals surface area contributed by atoms with Gasteiger partial charge in [-0.2, -0.15) is 4.31 Å². The molecule has 3 aromatic rings. The van der Waals surface area contributed by atoms with E-state index < -0.39 is 15.9 Å². The quantitative estimate of drug-likeness (QED) is 0.570. The number of likely N-dealkylation sites (N-methyl/N-ethyl adjacent to an activating group) is 1. The van der Waals surface area contributed by atoms with Crippen molar-refractivity contribution in [3.63, 3.8) is 0 Å². The van der Waals surface area contributed by atoms with E-state index in [9.17, 15) is 13.2 Å². The summed E-state index contributed by atoms with van der Waals surface area (Å²) in [5, 5.41) is 5.69. The minimum absolute atomic E-state index is 0.110. The van der Waals surface area contributed by atoms with Gasteiger partial charge >= 0.3 is 0 Å². The molecular formula is C21H23N3O4S2. The van der Waals surface area contributed by atoms with Crippen molar-refractivity contribution in [3.8, 4) is 17.0 Å². The second kappa shape index (κ2) is 9.38. The number of carbonyl (C=O) groups is 1. The van der Waals surface area contributed by atoms with Gasteiger partial charge in [0.15, 0.2) is 0 Å². The fourth-order valence-corrected chi connectivity index (χ4v) is 4.90. The summed E-state index contributed by atoms with van der Waals surface area (Å²) in [6, 6.07) is 13.4. The highest BCUT2D eigenvalue weighted by Crippen LogP contribution is 2.24. The van der Waals surface area contributed by atoms with Gasteiger partial charge in [0.2, 0.25) is 15.9 Å². The van der Waals surface area contributed by atoms with Crippen LogP contribution in [0.1, 0.15) is 11.9 Å². The van der Waals surface area contributed by atoms with Crippen LogP contribution in [0, 0.1) is 6.92 Å². The number of carbonyl (C=O) groups excluding carboxylic acids is 1. The van der Waals surface area contributed by atoms with Crippen LogP contribution >= 0.6 is 11.3 Å². The molecule has 0 atom stereocenters. The average molecular weight is 446 g/mol. The first kappa shape index (κ1) is 21.9. The van der Waals surface area contributed by atoms with Gasteiger partial charge in [-0.15, -0.1) is 11.3 Å². The third kappa shape index (κ3) is 5.05. The van der Waals surface area contributed by atoms with E-state index in [4.69, 9.17) is 4.74 Å². The van der Waals surface area contributed by atoms with Crippen LogP contribution in [0.25, 0.3) is 11.3 Å². The maximum atomic E-state index is 12.9. The summed E-state index contributed by atoms with van der Waals surface area (Å²) in [6.45, 7) is 3.51. The highest BCUT2D eigenvalue weighted by molar-refractivity contribution is 7.89. The molecule has 1 heterocycles. The number of nitrogens with zero attached hydrogens (tertiary/aromatic N) is 2. The smallest absolute Gasteiger partial charge is 0.243 e. The Labute approximate surface area is 180 Å². The molecule has 0 saturated carbocycles. The Bertz CT molecular complexity index is 1130. The lowest BCUT2D eigenvalue weighted by molar-refractivity contribution is -0.116.